The number of rotatable bonds is 0. The highest BCUT2D eigenvalue weighted by Gasteiger charge is 2.37. The highest BCUT2D eigenvalue weighted by molar-refractivity contribution is 6.14. The van der Waals surface area contributed by atoms with E-state index in [1.165, 1.54) is 4.57 Å². The summed E-state index contributed by atoms with van der Waals surface area (Å²) in [5, 5.41) is 0.742. The standard InChI is InChI=1S/C23H28N2O5/c1-14-12-13-24(20(27)29-22(2,3)4)19(26)18-17(14)15-10-8-9-11-16(15)25(18)21(28)30-23(5,6)7/h8-12H,13H2,1-7H3. The van der Waals surface area contributed by atoms with Crippen molar-refractivity contribution >= 4 is 34.6 Å². The first kappa shape index (κ1) is 21.6. The molecule has 0 saturated heterocycles. The first-order valence-corrected chi connectivity index (χ1v) is 9.89. The van der Waals surface area contributed by atoms with E-state index in [0.717, 1.165) is 15.9 Å². The molecule has 1 aromatic carbocycles. The molecule has 0 unspecified atom stereocenters. The zero-order valence-electron chi connectivity index (χ0n) is 18.5. The number of amides is 2. The molecule has 0 radical (unpaired) electrons. The zero-order valence-corrected chi connectivity index (χ0v) is 18.5. The average Bonchev–Trinajstić information content (AvgIpc) is 2.87. The van der Waals surface area contributed by atoms with Gasteiger partial charge in [-0.25, -0.2) is 19.1 Å². The third-order valence-corrected chi connectivity index (χ3v) is 4.49. The van der Waals surface area contributed by atoms with Crippen LogP contribution in [-0.4, -0.2) is 45.3 Å². The lowest BCUT2D eigenvalue weighted by Crippen LogP contribution is -2.42. The van der Waals surface area contributed by atoms with Crippen LogP contribution in [0.25, 0.3) is 16.5 Å². The van der Waals surface area contributed by atoms with Crippen molar-refractivity contribution < 1.29 is 23.9 Å². The van der Waals surface area contributed by atoms with Crippen molar-refractivity contribution in [1.82, 2.24) is 9.47 Å². The summed E-state index contributed by atoms with van der Waals surface area (Å²) in [6.07, 6.45) is 0.358. The molecule has 0 saturated carbocycles. The molecule has 0 atom stereocenters. The minimum Gasteiger partial charge on any atom is -0.443 e. The molecule has 2 amide bonds. The minimum atomic E-state index is -0.761. The predicted octanol–water partition coefficient (Wildman–Crippen LogP) is 5.22. The molecule has 1 aliphatic heterocycles. The van der Waals surface area contributed by atoms with Crippen molar-refractivity contribution in [2.75, 3.05) is 6.54 Å². The fourth-order valence-corrected chi connectivity index (χ4v) is 3.35. The van der Waals surface area contributed by atoms with Crippen molar-refractivity contribution in [3.05, 3.63) is 41.6 Å². The Kier molecular flexibility index (Phi) is 5.26. The van der Waals surface area contributed by atoms with Crippen LogP contribution < -0.4 is 0 Å². The zero-order chi connectivity index (χ0) is 22.4. The Morgan fingerprint density at radius 1 is 0.933 bits per heavy atom. The minimum absolute atomic E-state index is 0.0525. The van der Waals surface area contributed by atoms with Crippen LogP contribution in [0.2, 0.25) is 0 Å². The Morgan fingerprint density at radius 2 is 1.50 bits per heavy atom. The van der Waals surface area contributed by atoms with Gasteiger partial charge in [-0.2, -0.15) is 0 Å². The maximum atomic E-state index is 13.5. The Hall–Kier alpha value is -3.09. The SMILES string of the molecule is CC1=CCN(C(=O)OC(C)(C)C)C(=O)c2c1c1ccccc1n2C(=O)OC(C)(C)C. The van der Waals surface area contributed by atoms with E-state index in [-0.39, 0.29) is 12.2 Å². The molecule has 30 heavy (non-hydrogen) atoms. The van der Waals surface area contributed by atoms with Crippen molar-refractivity contribution in [3.63, 3.8) is 0 Å². The Balaban J connectivity index is 2.23. The number of hydrogen-bond acceptors (Lipinski definition) is 5. The third kappa shape index (κ3) is 4.10. The second-order valence-electron chi connectivity index (χ2n) is 9.34. The van der Waals surface area contributed by atoms with Crippen LogP contribution in [-0.2, 0) is 9.47 Å². The topological polar surface area (TPSA) is 77.8 Å². The average molecular weight is 412 g/mol. The van der Waals surface area contributed by atoms with Gasteiger partial charge in [0.15, 0.2) is 0 Å². The van der Waals surface area contributed by atoms with Crippen LogP contribution in [0.1, 0.15) is 64.5 Å². The van der Waals surface area contributed by atoms with Crippen LogP contribution in [0.5, 0.6) is 0 Å². The van der Waals surface area contributed by atoms with E-state index in [0.29, 0.717) is 11.1 Å². The highest BCUT2D eigenvalue weighted by Crippen LogP contribution is 2.35. The fraction of sp³-hybridized carbons (Fsp3) is 0.435. The van der Waals surface area contributed by atoms with Gasteiger partial charge in [-0.15, -0.1) is 0 Å². The number of imide groups is 1. The smallest absolute Gasteiger partial charge is 0.419 e. The van der Waals surface area contributed by atoms with Gasteiger partial charge < -0.3 is 9.47 Å². The van der Waals surface area contributed by atoms with E-state index in [1.807, 2.05) is 19.1 Å². The fourth-order valence-electron chi connectivity index (χ4n) is 3.35. The van der Waals surface area contributed by atoms with Gasteiger partial charge in [-0.05, 0) is 60.1 Å². The van der Waals surface area contributed by atoms with Crippen molar-refractivity contribution in [3.8, 4) is 0 Å². The van der Waals surface area contributed by atoms with Gasteiger partial charge in [0.2, 0.25) is 0 Å². The van der Waals surface area contributed by atoms with E-state index in [9.17, 15) is 14.4 Å². The van der Waals surface area contributed by atoms with Crippen molar-refractivity contribution in [1.29, 1.82) is 0 Å². The number of hydrogen-bond donors (Lipinski definition) is 0. The monoisotopic (exact) mass is 412 g/mol. The number of nitrogens with zero attached hydrogens (tertiary/aromatic N) is 2. The molecular weight excluding hydrogens is 384 g/mol. The third-order valence-electron chi connectivity index (χ3n) is 4.49. The first-order valence-electron chi connectivity index (χ1n) is 9.89. The molecule has 7 heteroatoms. The molecule has 2 aromatic rings. The number of carbonyl (C=O) groups excluding carboxylic acids is 3. The lowest BCUT2D eigenvalue weighted by Gasteiger charge is -2.25. The van der Waals surface area contributed by atoms with Gasteiger partial charge >= 0.3 is 12.2 Å². The van der Waals surface area contributed by atoms with Crippen LogP contribution in [0.4, 0.5) is 9.59 Å². The van der Waals surface area contributed by atoms with E-state index >= 15 is 0 Å². The maximum absolute atomic E-state index is 13.5. The van der Waals surface area contributed by atoms with Crippen LogP contribution in [0, 0.1) is 0 Å². The van der Waals surface area contributed by atoms with Crippen molar-refractivity contribution in [2.45, 2.75) is 59.7 Å². The van der Waals surface area contributed by atoms with Crippen LogP contribution >= 0.6 is 0 Å². The molecule has 3 rings (SSSR count). The number of carbonyl (C=O) groups is 3. The van der Waals surface area contributed by atoms with E-state index in [4.69, 9.17) is 9.47 Å². The normalized spacial score (nSPS) is 14.8. The number of ether oxygens (including phenoxy) is 2. The molecule has 0 aliphatic carbocycles. The summed E-state index contributed by atoms with van der Waals surface area (Å²) in [6, 6.07) is 7.24. The second-order valence-corrected chi connectivity index (χ2v) is 9.34. The van der Waals surface area contributed by atoms with Gasteiger partial charge in [-0.3, -0.25) is 4.79 Å². The summed E-state index contributed by atoms with van der Waals surface area (Å²) in [5.41, 5.74) is 0.545. The first-order chi connectivity index (χ1) is 13.8. The number of fused-ring (bicyclic) bond motifs is 3. The Labute approximate surface area is 176 Å². The molecule has 2 heterocycles. The summed E-state index contributed by atoms with van der Waals surface area (Å²) in [7, 11) is 0. The largest absolute Gasteiger partial charge is 0.443 e. The molecule has 0 spiro atoms. The summed E-state index contributed by atoms with van der Waals surface area (Å²) in [5.74, 6) is -0.602. The Bertz CT molecular complexity index is 1060. The lowest BCUT2D eigenvalue weighted by atomic mass is 10.0. The Morgan fingerprint density at radius 3 is 2.10 bits per heavy atom. The second kappa shape index (κ2) is 7.31. The van der Waals surface area contributed by atoms with Gasteiger partial charge in [0, 0.05) is 10.9 Å². The number of benzene rings is 1. The highest BCUT2D eigenvalue weighted by atomic mass is 16.6. The number of allylic oxidation sites excluding steroid dienone is 1. The summed E-state index contributed by atoms with van der Waals surface area (Å²) in [6.45, 7) is 12.4. The predicted molar refractivity (Wildman–Crippen MR) is 114 cm³/mol. The molecule has 0 fully saturated rings. The molecule has 0 N–H and O–H groups in total. The van der Waals surface area contributed by atoms with Gasteiger partial charge in [0.05, 0.1) is 12.1 Å². The maximum Gasteiger partial charge on any atom is 0.419 e. The summed E-state index contributed by atoms with van der Waals surface area (Å²) < 4.78 is 12.3. The van der Waals surface area contributed by atoms with E-state index in [1.54, 1.807) is 59.8 Å². The quantitative estimate of drug-likeness (QED) is 0.593. The van der Waals surface area contributed by atoms with E-state index in [2.05, 4.69) is 0 Å². The van der Waals surface area contributed by atoms with Crippen molar-refractivity contribution in [2.24, 2.45) is 0 Å². The molecule has 1 aromatic heterocycles. The number of para-hydroxylation sites is 1. The molecule has 0 bridgehead atoms. The summed E-state index contributed by atoms with van der Waals surface area (Å²) in [4.78, 5) is 40.4. The number of aromatic nitrogens is 1. The van der Waals surface area contributed by atoms with Crippen LogP contribution in [0.15, 0.2) is 30.3 Å². The van der Waals surface area contributed by atoms with Gasteiger partial charge in [0.1, 0.15) is 16.9 Å². The van der Waals surface area contributed by atoms with Gasteiger partial charge in [-0.1, -0.05) is 24.3 Å². The van der Waals surface area contributed by atoms with Gasteiger partial charge in [0.25, 0.3) is 5.91 Å². The molecule has 7 nitrogen and oxygen atoms in total. The van der Waals surface area contributed by atoms with Crippen LogP contribution in [0.3, 0.4) is 0 Å². The lowest BCUT2D eigenvalue weighted by molar-refractivity contribution is 0.0252. The molecule has 160 valence electrons. The van der Waals surface area contributed by atoms with E-state index < -0.39 is 29.3 Å². The molecule has 1 aliphatic rings. The summed E-state index contributed by atoms with van der Waals surface area (Å²) >= 11 is 0. The molecular formula is C23H28N2O5.